The second-order valence-corrected chi connectivity index (χ2v) is 4.77. The standard InChI is InChI=1S/C13H16N2O2/c1-9(16)12-3-2-10-4-5-15(6-13(10)14-12)11-7-17-8-11/h2-3,11H,4-8H2,1H3. The minimum Gasteiger partial charge on any atom is -0.378 e. The van der Waals surface area contributed by atoms with Gasteiger partial charge in [-0.15, -0.1) is 0 Å². The van der Waals surface area contributed by atoms with Crippen LogP contribution in [-0.2, 0) is 17.7 Å². The van der Waals surface area contributed by atoms with E-state index in [1.54, 1.807) is 6.92 Å². The number of ketones is 1. The summed E-state index contributed by atoms with van der Waals surface area (Å²) >= 11 is 0. The van der Waals surface area contributed by atoms with E-state index in [1.807, 2.05) is 12.1 Å². The third-order valence-electron chi connectivity index (χ3n) is 3.59. The molecule has 0 aliphatic carbocycles. The van der Waals surface area contributed by atoms with Crippen molar-refractivity contribution >= 4 is 5.78 Å². The fraction of sp³-hybridized carbons (Fsp3) is 0.538. The summed E-state index contributed by atoms with van der Waals surface area (Å²) < 4.78 is 5.22. The average molecular weight is 232 g/mol. The van der Waals surface area contributed by atoms with Crippen molar-refractivity contribution in [2.24, 2.45) is 0 Å². The van der Waals surface area contributed by atoms with E-state index in [-0.39, 0.29) is 5.78 Å². The molecule has 0 saturated carbocycles. The molecule has 3 rings (SSSR count). The molecule has 0 bridgehead atoms. The van der Waals surface area contributed by atoms with E-state index in [0.29, 0.717) is 11.7 Å². The lowest BCUT2D eigenvalue weighted by Crippen LogP contribution is -2.50. The summed E-state index contributed by atoms with van der Waals surface area (Å²) in [6.07, 6.45) is 1.02. The Morgan fingerprint density at radius 2 is 2.29 bits per heavy atom. The third-order valence-corrected chi connectivity index (χ3v) is 3.59. The smallest absolute Gasteiger partial charge is 0.178 e. The van der Waals surface area contributed by atoms with Crippen LogP contribution >= 0.6 is 0 Å². The zero-order chi connectivity index (χ0) is 11.8. The molecule has 1 aromatic rings. The van der Waals surface area contributed by atoms with Gasteiger partial charge in [0.25, 0.3) is 0 Å². The van der Waals surface area contributed by atoms with Crippen LogP contribution in [0.25, 0.3) is 0 Å². The van der Waals surface area contributed by atoms with Crippen molar-refractivity contribution in [2.45, 2.75) is 25.9 Å². The van der Waals surface area contributed by atoms with Gasteiger partial charge < -0.3 is 4.74 Å². The van der Waals surface area contributed by atoms with E-state index in [9.17, 15) is 4.79 Å². The molecule has 2 aliphatic rings. The maximum Gasteiger partial charge on any atom is 0.178 e. The summed E-state index contributed by atoms with van der Waals surface area (Å²) in [7, 11) is 0. The summed E-state index contributed by atoms with van der Waals surface area (Å²) in [5.74, 6) is 0.0388. The van der Waals surface area contributed by atoms with Crippen LogP contribution in [0.15, 0.2) is 12.1 Å². The Morgan fingerprint density at radius 1 is 1.47 bits per heavy atom. The van der Waals surface area contributed by atoms with Crippen molar-refractivity contribution in [3.8, 4) is 0 Å². The molecule has 0 spiro atoms. The van der Waals surface area contributed by atoms with Crippen molar-refractivity contribution in [3.63, 3.8) is 0 Å². The lowest BCUT2D eigenvalue weighted by Gasteiger charge is -2.39. The fourth-order valence-electron chi connectivity index (χ4n) is 2.37. The molecular weight excluding hydrogens is 216 g/mol. The number of hydrogen-bond acceptors (Lipinski definition) is 4. The van der Waals surface area contributed by atoms with Crippen LogP contribution in [-0.4, -0.2) is 41.5 Å². The second-order valence-electron chi connectivity index (χ2n) is 4.77. The predicted molar refractivity (Wildman–Crippen MR) is 63.0 cm³/mol. The number of ether oxygens (including phenoxy) is 1. The van der Waals surface area contributed by atoms with Crippen LogP contribution in [0.3, 0.4) is 0 Å². The lowest BCUT2D eigenvalue weighted by atomic mass is 10.0. The van der Waals surface area contributed by atoms with Crippen molar-refractivity contribution in [2.75, 3.05) is 19.8 Å². The first-order valence-corrected chi connectivity index (χ1v) is 6.05. The van der Waals surface area contributed by atoms with Crippen LogP contribution < -0.4 is 0 Å². The van der Waals surface area contributed by atoms with Gasteiger partial charge >= 0.3 is 0 Å². The highest BCUT2D eigenvalue weighted by Crippen LogP contribution is 2.22. The Hall–Kier alpha value is -1.26. The van der Waals surface area contributed by atoms with E-state index in [4.69, 9.17) is 4.74 Å². The summed E-state index contributed by atoms with van der Waals surface area (Å²) in [6.45, 7) is 5.16. The van der Waals surface area contributed by atoms with Gasteiger partial charge in [0.1, 0.15) is 5.69 Å². The minimum absolute atomic E-state index is 0.0388. The Balaban J connectivity index is 1.83. The maximum absolute atomic E-state index is 11.3. The van der Waals surface area contributed by atoms with E-state index in [2.05, 4.69) is 9.88 Å². The van der Waals surface area contributed by atoms with Gasteiger partial charge in [-0.2, -0.15) is 0 Å². The van der Waals surface area contributed by atoms with Crippen LogP contribution in [0.2, 0.25) is 0 Å². The molecule has 1 saturated heterocycles. The second kappa shape index (κ2) is 4.20. The van der Waals surface area contributed by atoms with Crippen molar-refractivity contribution in [1.29, 1.82) is 0 Å². The first-order valence-electron chi connectivity index (χ1n) is 6.05. The van der Waals surface area contributed by atoms with E-state index < -0.39 is 0 Å². The molecule has 0 N–H and O–H groups in total. The normalized spacial score (nSPS) is 20.8. The highest BCUT2D eigenvalue weighted by molar-refractivity contribution is 5.92. The fourth-order valence-corrected chi connectivity index (χ4v) is 2.37. The molecule has 0 atom stereocenters. The lowest BCUT2D eigenvalue weighted by molar-refractivity contribution is -0.0699. The largest absolute Gasteiger partial charge is 0.378 e. The summed E-state index contributed by atoms with van der Waals surface area (Å²) in [4.78, 5) is 18.2. The molecule has 90 valence electrons. The molecule has 0 unspecified atom stereocenters. The zero-order valence-corrected chi connectivity index (χ0v) is 9.98. The van der Waals surface area contributed by atoms with Gasteiger partial charge in [-0.3, -0.25) is 9.69 Å². The first-order chi connectivity index (χ1) is 8.24. The molecule has 0 amide bonds. The van der Waals surface area contributed by atoms with Gasteiger partial charge in [0.2, 0.25) is 0 Å². The van der Waals surface area contributed by atoms with Crippen molar-refractivity contribution < 1.29 is 9.53 Å². The Labute approximate surface area is 101 Å². The molecule has 0 radical (unpaired) electrons. The van der Waals surface area contributed by atoms with Gasteiger partial charge in [0, 0.05) is 20.0 Å². The molecule has 4 heteroatoms. The molecule has 3 heterocycles. The van der Waals surface area contributed by atoms with Gasteiger partial charge in [0.05, 0.1) is 24.9 Å². The summed E-state index contributed by atoms with van der Waals surface area (Å²) in [5.41, 5.74) is 2.93. The average Bonchev–Trinajstić information content (AvgIpc) is 2.25. The summed E-state index contributed by atoms with van der Waals surface area (Å²) in [5, 5.41) is 0. The zero-order valence-electron chi connectivity index (χ0n) is 9.98. The number of pyridine rings is 1. The third kappa shape index (κ3) is 1.98. The molecule has 1 fully saturated rings. The van der Waals surface area contributed by atoms with Gasteiger partial charge in [-0.1, -0.05) is 6.07 Å². The molecule has 17 heavy (non-hydrogen) atoms. The van der Waals surface area contributed by atoms with E-state index in [1.165, 1.54) is 5.56 Å². The quantitative estimate of drug-likeness (QED) is 0.715. The molecule has 2 aliphatic heterocycles. The number of fused-ring (bicyclic) bond motifs is 1. The van der Waals surface area contributed by atoms with Crippen LogP contribution in [0.4, 0.5) is 0 Å². The number of nitrogens with zero attached hydrogens (tertiary/aromatic N) is 2. The first kappa shape index (κ1) is 10.9. The Bertz CT molecular complexity index is 455. The monoisotopic (exact) mass is 232 g/mol. The van der Waals surface area contributed by atoms with Crippen LogP contribution in [0.5, 0.6) is 0 Å². The maximum atomic E-state index is 11.3. The summed E-state index contributed by atoms with van der Waals surface area (Å²) in [6, 6.07) is 4.43. The van der Waals surface area contributed by atoms with E-state index in [0.717, 1.165) is 38.4 Å². The molecule has 1 aromatic heterocycles. The number of aromatic nitrogens is 1. The molecule has 0 aromatic carbocycles. The predicted octanol–water partition coefficient (Wildman–Crippen LogP) is 1.04. The highest BCUT2D eigenvalue weighted by atomic mass is 16.5. The molecular formula is C13H16N2O2. The number of carbonyl (C=O) groups excluding carboxylic acids is 1. The molecule has 4 nitrogen and oxygen atoms in total. The number of carbonyl (C=O) groups is 1. The topological polar surface area (TPSA) is 42.4 Å². The number of hydrogen-bond donors (Lipinski definition) is 0. The van der Waals surface area contributed by atoms with Crippen LogP contribution in [0, 0.1) is 0 Å². The van der Waals surface area contributed by atoms with E-state index >= 15 is 0 Å². The van der Waals surface area contributed by atoms with Gasteiger partial charge in [-0.25, -0.2) is 4.98 Å². The number of Topliss-reactive ketones (excluding diaryl/α,β-unsaturated/α-hetero) is 1. The van der Waals surface area contributed by atoms with Crippen LogP contribution in [0.1, 0.15) is 28.7 Å². The van der Waals surface area contributed by atoms with Crippen molar-refractivity contribution in [1.82, 2.24) is 9.88 Å². The van der Waals surface area contributed by atoms with Gasteiger partial charge in [-0.05, 0) is 18.1 Å². The number of rotatable bonds is 2. The van der Waals surface area contributed by atoms with Gasteiger partial charge in [0.15, 0.2) is 5.78 Å². The SMILES string of the molecule is CC(=O)c1ccc2c(n1)CN(C1COC1)CC2. The highest BCUT2D eigenvalue weighted by Gasteiger charge is 2.29. The minimum atomic E-state index is 0.0388. The Morgan fingerprint density at radius 3 is 2.94 bits per heavy atom. The van der Waals surface area contributed by atoms with Crippen molar-refractivity contribution in [3.05, 3.63) is 29.1 Å². The Kier molecular flexibility index (Phi) is 2.68.